The van der Waals surface area contributed by atoms with Gasteiger partial charge in [-0.1, -0.05) is 19.1 Å². The summed E-state index contributed by atoms with van der Waals surface area (Å²) in [7, 11) is -2.20. The summed E-state index contributed by atoms with van der Waals surface area (Å²) in [5.74, 6) is -0.682. The highest BCUT2D eigenvalue weighted by molar-refractivity contribution is 7.88. The van der Waals surface area contributed by atoms with Crippen LogP contribution in [0.25, 0.3) is 0 Å². The second-order valence-corrected chi connectivity index (χ2v) is 6.49. The third-order valence-electron chi connectivity index (χ3n) is 3.01. The molecule has 0 radical (unpaired) electrons. The SMILES string of the molecule is CCN(CCCO)S(=O)(=O)Cc1cccc(C(=O)OC)c1. The highest BCUT2D eigenvalue weighted by Crippen LogP contribution is 2.13. The van der Waals surface area contributed by atoms with Gasteiger partial charge in [-0.2, -0.15) is 0 Å². The van der Waals surface area contributed by atoms with Crippen LogP contribution in [0.2, 0.25) is 0 Å². The number of benzene rings is 1. The molecular formula is C14H21NO5S. The highest BCUT2D eigenvalue weighted by atomic mass is 32.2. The molecule has 0 fully saturated rings. The monoisotopic (exact) mass is 315 g/mol. The molecule has 0 aliphatic rings. The zero-order chi connectivity index (χ0) is 15.9. The second-order valence-electron chi connectivity index (χ2n) is 4.52. The normalized spacial score (nSPS) is 11.6. The van der Waals surface area contributed by atoms with Gasteiger partial charge in [0.25, 0.3) is 0 Å². The predicted octanol–water partition coefficient (Wildman–Crippen LogP) is 1.01. The smallest absolute Gasteiger partial charge is 0.337 e. The first kappa shape index (κ1) is 17.6. The predicted molar refractivity (Wildman–Crippen MR) is 79.4 cm³/mol. The number of rotatable bonds is 8. The van der Waals surface area contributed by atoms with Crippen LogP contribution in [-0.2, 0) is 20.5 Å². The van der Waals surface area contributed by atoms with Crippen molar-refractivity contribution < 1.29 is 23.1 Å². The molecule has 0 spiro atoms. The van der Waals surface area contributed by atoms with E-state index in [0.29, 0.717) is 24.1 Å². The minimum absolute atomic E-state index is 0.0517. The molecule has 1 N–H and O–H groups in total. The Bertz CT molecular complexity index is 570. The van der Waals surface area contributed by atoms with E-state index in [1.807, 2.05) is 0 Å². The number of nitrogens with zero attached hydrogens (tertiary/aromatic N) is 1. The van der Waals surface area contributed by atoms with Gasteiger partial charge >= 0.3 is 5.97 Å². The van der Waals surface area contributed by atoms with E-state index in [9.17, 15) is 13.2 Å². The number of hydrogen-bond acceptors (Lipinski definition) is 5. The average molecular weight is 315 g/mol. The molecule has 1 aromatic carbocycles. The van der Waals surface area contributed by atoms with E-state index < -0.39 is 16.0 Å². The molecule has 0 heterocycles. The summed E-state index contributed by atoms with van der Waals surface area (Å²) in [4.78, 5) is 11.5. The molecule has 0 bridgehead atoms. The Morgan fingerprint density at radius 3 is 2.67 bits per heavy atom. The first-order valence-electron chi connectivity index (χ1n) is 6.70. The van der Waals surface area contributed by atoms with Crippen LogP contribution in [0, 0.1) is 0 Å². The van der Waals surface area contributed by atoms with Gasteiger partial charge in [-0.15, -0.1) is 0 Å². The van der Waals surface area contributed by atoms with Gasteiger partial charge in [0.15, 0.2) is 0 Å². The van der Waals surface area contributed by atoms with Crippen LogP contribution < -0.4 is 0 Å². The first-order valence-corrected chi connectivity index (χ1v) is 8.31. The molecule has 0 aromatic heterocycles. The lowest BCUT2D eigenvalue weighted by Gasteiger charge is -2.20. The van der Waals surface area contributed by atoms with Gasteiger partial charge in [0.2, 0.25) is 10.0 Å². The molecule has 118 valence electrons. The van der Waals surface area contributed by atoms with Crippen LogP contribution in [0.1, 0.15) is 29.3 Å². The molecule has 1 rings (SSSR count). The van der Waals surface area contributed by atoms with Gasteiger partial charge in [-0.3, -0.25) is 0 Å². The zero-order valence-corrected chi connectivity index (χ0v) is 13.1. The lowest BCUT2D eigenvalue weighted by molar-refractivity contribution is 0.0600. The Hall–Kier alpha value is -1.44. The van der Waals surface area contributed by atoms with Crippen molar-refractivity contribution in [1.29, 1.82) is 0 Å². The summed E-state index contributed by atoms with van der Waals surface area (Å²) in [5, 5.41) is 8.82. The van der Waals surface area contributed by atoms with Crippen molar-refractivity contribution in [2.24, 2.45) is 0 Å². The van der Waals surface area contributed by atoms with Crippen molar-refractivity contribution in [2.75, 3.05) is 26.8 Å². The number of carbonyl (C=O) groups is 1. The fourth-order valence-electron chi connectivity index (χ4n) is 1.95. The van der Waals surface area contributed by atoms with Gasteiger partial charge in [0, 0.05) is 19.7 Å². The van der Waals surface area contributed by atoms with E-state index in [1.165, 1.54) is 17.5 Å². The maximum Gasteiger partial charge on any atom is 0.337 e. The molecule has 0 aliphatic heterocycles. The van der Waals surface area contributed by atoms with E-state index in [1.54, 1.807) is 25.1 Å². The van der Waals surface area contributed by atoms with Crippen molar-refractivity contribution in [3.8, 4) is 0 Å². The third-order valence-corrected chi connectivity index (χ3v) is 4.93. The lowest BCUT2D eigenvalue weighted by atomic mass is 10.1. The topological polar surface area (TPSA) is 83.9 Å². The van der Waals surface area contributed by atoms with Gasteiger partial charge in [-0.25, -0.2) is 17.5 Å². The number of sulfonamides is 1. The largest absolute Gasteiger partial charge is 0.465 e. The average Bonchev–Trinajstić information content (AvgIpc) is 2.46. The first-order chi connectivity index (χ1) is 9.94. The lowest BCUT2D eigenvalue weighted by Crippen LogP contribution is -2.33. The van der Waals surface area contributed by atoms with Crippen LogP contribution in [0.4, 0.5) is 0 Å². The van der Waals surface area contributed by atoms with Gasteiger partial charge in [0.1, 0.15) is 0 Å². The Labute approximate surface area is 125 Å². The Kier molecular flexibility index (Phi) is 6.80. The van der Waals surface area contributed by atoms with Crippen LogP contribution in [0.5, 0.6) is 0 Å². The number of ether oxygens (including phenoxy) is 1. The highest BCUT2D eigenvalue weighted by Gasteiger charge is 2.21. The molecule has 7 heteroatoms. The number of hydrogen-bond donors (Lipinski definition) is 1. The summed E-state index contributed by atoms with van der Waals surface area (Å²) in [5.41, 5.74) is 0.851. The van der Waals surface area contributed by atoms with E-state index in [-0.39, 0.29) is 18.9 Å². The Balaban J connectivity index is 2.90. The van der Waals surface area contributed by atoms with E-state index in [4.69, 9.17) is 5.11 Å². The second kappa shape index (κ2) is 8.11. The van der Waals surface area contributed by atoms with Crippen LogP contribution in [0.15, 0.2) is 24.3 Å². The van der Waals surface area contributed by atoms with Crippen molar-refractivity contribution >= 4 is 16.0 Å². The summed E-state index contributed by atoms with van der Waals surface area (Å²) in [6.45, 7) is 2.33. The molecule has 0 saturated heterocycles. The maximum atomic E-state index is 12.3. The molecule has 0 atom stereocenters. The van der Waals surface area contributed by atoms with Crippen molar-refractivity contribution in [1.82, 2.24) is 4.31 Å². The summed E-state index contributed by atoms with van der Waals surface area (Å²) >= 11 is 0. The Morgan fingerprint density at radius 1 is 1.38 bits per heavy atom. The number of aliphatic hydroxyl groups excluding tert-OH is 1. The van der Waals surface area contributed by atoms with Crippen LogP contribution >= 0.6 is 0 Å². The number of carbonyl (C=O) groups excluding carboxylic acids is 1. The van der Waals surface area contributed by atoms with Gasteiger partial charge < -0.3 is 9.84 Å². The van der Waals surface area contributed by atoms with E-state index in [2.05, 4.69) is 4.74 Å². The number of esters is 1. The Morgan fingerprint density at radius 2 is 2.10 bits per heavy atom. The van der Waals surface area contributed by atoms with E-state index in [0.717, 1.165) is 0 Å². The van der Waals surface area contributed by atoms with Crippen molar-refractivity contribution in [3.63, 3.8) is 0 Å². The third kappa shape index (κ3) is 5.11. The molecular weight excluding hydrogens is 294 g/mol. The van der Waals surface area contributed by atoms with Crippen molar-refractivity contribution in [3.05, 3.63) is 35.4 Å². The van der Waals surface area contributed by atoms with Crippen LogP contribution in [0.3, 0.4) is 0 Å². The standard InChI is InChI=1S/C14H21NO5S/c1-3-15(8-5-9-16)21(18,19)11-12-6-4-7-13(10-12)14(17)20-2/h4,6-7,10,16H,3,5,8-9,11H2,1-2H3. The minimum Gasteiger partial charge on any atom is -0.465 e. The molecule has 21 heavy (non-hydrogen) atoms. The number of aliphatic hydroxyl groups is 1. The quantitative estimate of drug-likeness (QED) is 0.724. The molecule has 6 nitrogen and oxygen atoms in total. The fraction of sp³-hybridized carbons (Fsp3) is 0.500. The minimum atomic E-state index is -3.48. The number of methoxy groups -OCH3 is 1. The fourth-order valence-corrected chi connectivity index (χ4v) is 3.53. The zero-order valence-electron chi connectivity index (χ0n) is 12.3. The van der Waals surface area contributed by atoms with Crippen molar-refractivity contribution in [2.45, 2.75) is 19.1 Å². The van der Waals surface area contributed by atoms with Crippen LogP contribution in [-0.4, -0.2) is 50.6 Å². The molecule has 0 saturated carbocycles. The van der Waals surface area contributed by atoms with E-state index >= 15 is 0 Å². The summed E-state index contributed by atoms with van der Waals surface area (Å²) < 4.78 is 30.6. The van der Waals surface area contributed by atoms with Gasteiger partial charge in [0.05, 0.1) is 18.4 Å². The molecule has 0 unspecified atom stereocenters. The summed E-state index contributed by atoms with van der Waals surface area (Å²) in [6.07, 6.45) is 0.398. The van der Waals surface area contributed by atoms with Gasteiger partial charge in [-0.05, 0) is 24.1 Å². The molecule has 1 aromatic rings. The molecule has 0 amide bonds. The summed E-state index contributed by atoms with van der Waals surface area (Å²) in [6, 6.07) is 6.37. The molecule has 0 aliphatic carbocycles. The maximum absolute atomic E-state index is 12.3.